The van der Waals surface area contributed by atoms with Crippen LogP contribution in [-0.2, 0) is 10.0 Å². The fourth-order valence-electron chi connectivity index (χ4n) is 3.61. The molecule has 0 bridgehead atoms. The first-order valence-corrected chi connectivity index (χ1v) is 13.2. The first-order valence-electron chi connectivity index (χ1n) is 10.7. The third kappa shape index (κ3) is 4.90. The Morgan fingerprint density at radius 2 is 2.06 bits per heavy atom. The van der Waals surface area contributed by atoms with Gasteiger partial charge in [-0.2, -0.15) is 0 Å². The van der Waals surface area contributed by atoms with Gasteiger partial charge in [-0.3, -0.25) is 9.52 Å². The molecule has 1 aromatic carbocycles. The number of ketones is 1. The number of rotatable bonds is 9. The monoisotopic (exact) mass is 529 g/mol. The molecule has 0 spiro atoms. The van der Waals surface area contributed by atoms with Gasteiger partial charge in [-0.1, -0.05) is 6.92 Å². The van der Waals surface area contributed by atoms with E-state index in [-0.39, 0.29) is 11.3 Å². The van der Waals surface area contributed by atoms with Crippen LogP contribution in [-0.4, -0.2) is 36.1 Å². The van der Waals surface area contributed by atoms with Crippen LogP contribution in [0.5, 0.6) is 0 Å². The molecule has 4 aromatic rings. The number of carbonyl (C=O) groups is 1. The van der Waals surface area contributed by atoms with Gasteiger partial charge in [-0.15, -0.1) is 11.3 Å². The van der Waals surface area contributed by atoms with Crippen molar-refractivity contribution in [2.24, 2.45) is 5.73 Å². The van der Waals surface area contributed by atoms with Crippen molar-refractivity contribution in [3.05, 3.63) is 76.4 Å². The van der Waals surface area contributed by atoms with Gasteiger partial charge in [0.15, 0.2) is 5.82 Å². The Morgan fingerprint density at radius 3 is 2.78 bits per heavy atom. The molecule has 0 fully saturated rings. The highest BCUT2D eigenvalue weighted by molar-refractivity contribution is 7.92. The Morgan fingerprint density at radius 1 is 1.28 bits per heavy atom. The van der Waals surface area contributed by atoms with Crippen LogP contribution in [0.15, 0.2) is 48.8 Å². The standard InChI is InChI=1S/C24H21F2N5O3S2/c1-2-9-36(33,34)31-18-4-3-16(25)21(22(18)26)23(32)15-12-30-24-14(15)10-13(11-29-24)19-5-6-20(35-19)17(28)7-8-27/h3-8,10-12,27,31H,2,9,28H2,1H3,(H,29,30). The molecule has 3 heterocycles. The predicted octanol–water partition coefficient (Wildman–Crippen LogP) is 4.90. The molecule has 0 saturated heterocycles. The Kier molecular flexibility index (Phi) is 7.00. The third-order valence-electron chi connectivity index (χ3n) is 5.27. The molecule has 0 aliphatic heterocycles. The van der Waals surface area contributed by atoms with Gasteiger partial charge in [-0.05, 0) is 42.8 Å². The number of benzene rings is 1. The lowest BCUT2D eigenvalue weighted by molar-refractivity contribution is 0.103. The topological polar surface area (TPSA) is 142 Å². The Balaban J connectivity index is 1.75. The number of anilines is 1. The molecule has 5 N–H and O–H groups in total. The van der Waals surface area contributed by atoms with E-state index in [4.69, 9.17) is 11.1 Å². The summed E-state index contributed by atoms with van der Waals surface area (Å²) < 4.78 is 56.1. The average molecular weight is 530 g/mol. The van der Waals surface area contributed by atoms with Crippen molar-refractivity contribution >= 4 is 55.8 Å². The SMILES string of the molecule is CCCS(=O)(=O)Nc1ccc(F)c(C(=O)c2c[nH]c3ncc(-c4ccc(C(N)=CC=N)s4)cc23)c1F. The number of fused-ring (bicyclic) bond motifs is 1. The molecule has 186 valence electrons. The molecular formula is C24H21F2N5O3S2. The van der Waals surface area contributed by atoms with Gasteiger partial charge < -0.3 is 16.1 Å². The molecule has 4 rings (SSSR count). The number of hydrogen-bond acceptors (Lipinski definition) is 7. The summed E-state index contributed by atoms with van der Waals surface area (Å²) in [5, 5.41) is 7.50. The molecular weight excluding hydrogens is 508 g/mol. The van der Waals surface area contributed by atoms with Gasteiger partial charge in [0, 0.05) is 40.0 Å². The normalized spacial score (nSPS) is 12.1. The number of halogens is 2. The van der Waals surface area contributed by atoms with Crippen LogP contribution < -0.4 is 10.5 Å². The molecule has 3 aromatic heterocycles. The van der Waals surface area contributed by atoms with Crippen LogP contribution in [0, 0.1) is 17.0 Å². The van der Waals surface area contributed by atoms with E-state index in [2.05, 4.69) is 14.7 Å². The van der Waals surface area contributed by atoms with Gasteiger partial charge in [0.1, 0.15) is 11.5 Å². The second-order valence-electron chi connectivity index (χ2n) is 7.81. The summed E-state index contributed by atoms with van der Waals surface area (Å²) in [6.07, 6.45) is 5.73. The predicted molar refractivity (Wildman–Crippen MR) is 138 cm³/mol. The number of pyridine rings is 1. The van der Waals surface area contributed by atoms with Crippen molar-refractivity contribution in [2.45, 2.75) is 13.3 Å². The van der Waals surface area contributed by atoms with Crippen molar-refractivity contribution in [3.8, 4) is 10.4 Å². The summed E-state index contributed by atoms with van der Waals surface area (Å²) in [5.74, 6) is -3.63. The number of thiophene rings is 1. The highest BCUT2D eigenvalue weighted by atomic mass is 32.2. The number of nitrogens with one attached hydrogen (secondary N) is 3. The molecule has 36 heavy (non-hydrogen) atoms. The Bertz CT molecular complexity index is 1620. The maximum absolute atomic E-state index is 15.2. The van der Waals surface area contributed by atoms with Crippen LogP contribution in [0.2, 0.25) is 0 Å². The summed E-state index contributed by atoms with van der Waals surface area (Å²) in [4.78, 5) is 21.9. The summed E-state index contributed by atoms with van der Waals surface area (Å²) in [6.45, 7) is 1.65. The van der Waals surface area contributed by atoms with Crippen LogP contribution in [0.3, 0.4) is 0 Å². The quantitative estimate of drug-likeness (QED) is 0.180. The van der Waals surface area contributed by atoms with Crippen LogP contribution >= 0.6 is 11.3 Å². The lowest BCUT2D eigenvalue weighted by Gasteiger charge is -2.11. The number of hydrogen-bond donors (Lipinski definition) is 4. The van der Waals surface area contributed by atoms with Crippen molar-refractivity contribution < 1.29 is 22.0 Å². The number of nitrogens with zero attached hydrogens (tertiary/aromatic N) is 1. The van der Waals surface area contributed by atoms with E-state index >= 15 is 4.39 Å². The maximum atomic E-state index is 15.2. The number of aromatic nitrogens is 2. The minimum absolute atomic E-state index is 0.0225. The number of H-pyrrole nitrogens is 1. The Labute approximate surface area is 209 Å². The van der Waals surface area contributed by atoms with E-state index in [1.807, 2.05) is 6.07 Å². The minimum Gasteiger partial charge on any atom is -0.398 e. The van der Waals surface area contributed by atoms with Gasteiger partial charge in [0.05, 0.1) is 27.6 Å². The number of nitrogens with two attached hydrogens (primary N) is 1. The smallest absolute Gasteiger partial charge is 0.232 e. The lowest BCUT2D eigenvalue weighted by Crippen LogP contribution is -2.18. The van der Waals surface area contributed by atoms with Gasteiger partial charge in [0.25, 0.3) is 0 Å². The van der Waals surface area contributed by atoms with Crippen LogP contribution in [0.25, 0.3) is 27.2 Å². The number of aromatic amines is 1. The highest BCUT2D eigenvalue weighted by Gasteiger charge is 2.26. The fourth-order valence-corrected chi connectivity index (χ4v) is 5.66. The molecule has 12 heteroatoms. The molecule has 0 atom stereocenters. The third-order valence-corrected chi connectivity index (χ3v) is 7.93. The van der Waals surface area contributed by atoms with Crippen LogP contribution in [0.4, 0.5) is 14.5 Å². The largest absolute Gasteiger partial charge is 0.398 e. The first kappa shape index (κ1) is 25.2. The summed E-state index contributed by atoms with van der Waals surface area (Å²) >= 11 is 1.35. The average Bonchev–Trinajstić information content (AvgIpc) is 3.48. The lowest BCUT2D eigenvalue weighted by atomic mass is 10.0. The van der Waals surface area contributed by atoms with E-state index < -0.39 is 38.7 Å². The molecule has 0 aliphatic rings. The zero-order valence-electron chi connectivity index (χ0n) is 18.9. The minimum atomic E-state index is -3.86. The van der Waals surface area contributed by atoms with Gasteiger partial charge in [0.2, 0.25) is 15.8 Å². The van der Waals surface area contributed by atoms with E-state index in [0.29, 0.717) is 28.7 Å². The van der Waals surface area contributed by atoms with Gasteiger partial charge >= 0.3 is 0 Å². The second kappa shape index (κ2) is 9.99. The summed E-state index contributed by atoms with van der Waals surface area (Å²) in [7, 11) is -3.86. The second-order valence-corrected chi connectivity index (χ2v) is 10.7. The van der Waals surface area contributed by atoms with Crippen LogP contribution in [0.1, 0.15) is 34.1 Å². The molecule has 0 aliphatic carbocycles. The summed E-state index contributed by atoms with van der Waals surface area (Å²) in [6, 6.07) is 7.06. The number of carbonyl (C=O) groups excluding carboxylic acids is 1. The maximum Gasteiger partial charge on any atom is 0.232 e. The van der Waals surface area contributed by atoms with E-state index in [9.17, 15) is 17.6 Å². The summed E-state index contributed by atoms with van der Waals surface area (Å²) in [5.41, 5.74) is 5.94. The van der Waals surface area contributed by atoms with Crippen molar-refractivity contribution in [2.75, 3.05) is 10.5 Å². The van der Waals surface area contributed by atoms with Gasteiger partial charge in [-0.25, -0.2) is 22.2 Å². The van der Waals surface area contributed by atoms with E-state index in [0.717, 1.165) is 28.1 Å². The molecule has 0 amide bonds. The van der Waals surface area contributed by atoms with Crippen molar-refractivity contribution in [3.63, 3.8) is 0 Å². The molecule has 0 radical (unpaired) electrons. The zero-order chi connectivity index (χ0) is 26.0. The highest BCUT2D eigenvalue weighted by Crippen LogP contribution is 2.33. The number of allylic oxidation sites excluding steroid dienone is 1. The van der Waals surface area contributed by atoms with E-state index in [1.165, 1.54) is 23.6 Å². The number of sulfonamides is 1. The molecule has 0 saturated carbocycles. The first-order chi connectivity index (χ1) is 17.1. The molecule has 0 unspecified atom stereocenters. The molecule has 8 nitrogen and oxygen atoms in total. The zero-order valence-corrected chi connectivity index (χ0v) is 20.6. The van der Waals surface area contributed by atoms with Crippen molar-refractivity contribution in [1.82, 2.24) is 9.97 Å². The van der Waals surface area contributed by atoms with E-state index in [1.54, 1.807) is 25.3 Å². The Hall–Kier alpha value is -3.90. The van der Waals surface area contributed by atoms with Crippen molar-refractivity contribution in [1.29, 1.82) is 5.41 Å². The fraction of sp³-hybridized carbons (Fsp3) is 0.125.